The minimum atomic E-state index is -0.339. The van der Waals surface area contributed by atoms with E-state index in [1.165, 1.54) is 6.92 Å². The molecule has 0 unspecified atom stereocenters. The van der Waals surface area contributed by atoms with Crippen LogP contribution in [-0.2, 0) is 10.7 Å². The Balaban J connectivity index is 2.68. The third kappa shape index (κ3) is 2.54. The van der Waals surface area contributed by atoms with Crippen molar-refractivity contribution in [2.45, 2.75) is 12.8 Å². The lowest BCUT2D eigenvalue weighted by atomic mass is 10.0. The van der Waals surface area contributed by atoms with Crippen LogP contribution in [0.15, 0.2) is 36.9 Å². The summed E-state index contributed by atoms with van der Waals surface area (Å²) in [5.41, 5.74) is 1.90. The molecule has 2 aromatic carbocycles. The molecule has 0 aliphatic carbocycles. The number of esters is 1. The van der Waals surface area contributed by atoms with Crippen molar-refractivity contribution in [2.24, 2.45) is 0 Å². The van der Waals surface area contributed by atoms with Crippen LogP contribution in [0.5, 0.6) is 5.75 Å². The van der Waals surface area contributed by atoms with Crippen molar-refractivity contribution in [1.29, 1.82) is 0 Å². The van der Waals surface area contributed by atoms with Crippen molar-refractivity contribution in [1.82, 2.24) is 0 Å². The molecule has 0 bridgehead atoms. The van der Waals surface area contributed by atoms with Gasteiger partial charge in [-0.15, -0.1) is 11.6 Å². The molecule has 0 aliphatic rings. The topological polar surface area (TPSA) is 26.3 Å². The third-order valence-electron chi connectivity index (χ3n) is 2.65. The van der Waals surface area contributed by atoms with Crippen LogP contribution in [0.3, 0.4) is 0 Å². The minimum absolute atomic E-state index is 0.339. The van der Waals surface area contributed by atoms with E-state index in [0.29, 0.717) is 11.6 Å². The molecular weight excluding hydrogens is 248 g/mol. The maximum absolute atomic E-state index is 11.1. The summed E-state index contributed by atoms with van der Waals surface area (Å²) in [7, 11) is 0. The van der Waals surface area contributed by atoms with Crippen LogP contribution in [0.2, 0.25) is 0 Å². The van der Waals surface area contributed by atoms with Gasteiger partial charge in [-0.25, -0.2) is 0 Å². The van der Waals surface area contributed by atoms with Crippen molar-refractivity contribution in [3.8, 4) is 5.75 Å². The van der Waals surface area contributed by atoms with Gasteiger partial charge in [0.05, 0.1) is 0 Å². The second kappa shape index (κ2) is 5.23. The number of ether oxygens (including phenoxy) is 1. The number of hydrogen-bond acceptors (Lipinski definition) is 2. The van der Waals surface area contributed by atoms with E-state index >= 15 is 0 Å². The number of hydrogen-bond donors (Lipinski definition) is 0. The minimum Gasteiger partial charge on any atom is -0.426 e. The Bertz CT molecular complexity index is 617. The van der Waals surface area contributed by atoms with Crippen LogP contribution >= 0.6 is 11.6 Å². The molecule has 0 spiro atoms. The molecule has 0 aliphatic heterocycles. The van der Waals surface area contributed by atoms with Gasteiger partial charge in [0.25, 0.3) is 0 Å². The standard InChI is InChI=1S/C15H13ClO2/c1-3-11-6-13-5-4-12(9-16)7-14(13)15(8-11)18-10(2)17/h3-8H,1,9H2,2H3. The molecule has 18 heavy (non-hydrogen) atoms. The van der Waals surface area contributed by atoms with Crippen LogP contribution in [0.1, 0.15) is 18.1 Å². The molecule has 0 aromatic heterocycles. The van der Waals surface area contributed by atoms with Gasteiger partial charge in [-0.2, -0.15) is 0 Å². The largest absolute Gasteiger partial charge is 0.426 e. The average Bonchev–Trinajstić information content (AvgIpc) is 2.37. The molecule has 0 N–H and O–H groups in total. The lowest BCUT2D eigenvalue weighted by Gasteiger charge is -2.09. The summed E-state index contributed by atoms with van der Waals surface area (Å²) >= 11 is 5.82. The van der Waals surface area contributed by atoms with Gasteiger partial charge in [-0.3, -0.25) is 4.79 Å². The van der Waals surface area contributed by atoms with Crippen LogP contribution in [0.25, 0.3) is 16.8 Å². The van der Waals surface area contributed by atoms with Crippen molar-refractivity contribution in [2.75, 3.05) is 0 Å². The second-order valence-corrected chi connectivity index (χ2v) is 4.27. The molecule has 0 fully saturated rings. The van der Waals surface area contributed by atoms with E-state index < -0.39 is 0 Å². The van der Waals surface area contributed by atoms with Crippen molar-refractivity contribution >= 4 is 34.4 Å². The van der Waals surface area contributed by atoms with E-state index in [4.69, 9.17) is 16.3 Å². The summed E-state index contributed by atoms with van der Waals surface area (Å²) in [6.45, 7) is 5.12. The lowest BCUT2D eigenvalue weighted by Crippen LogP contribution is -2.02. The highest BCUT2D eigenvalue weighted by atomic mass is 35.5. The summed E-state index contributed by atoms with van der Waals surface area (Å²) in [5.74, 6) is 0.634. The lowest BCUT2D eigenvalue weighted by molar-refractivity contribution is -0.131. The van der Waals surface area contributed by atoms with Gasteiger partial charge in [0, 0.05) is 18.2 Å². The fourth-order valence-electron chi connectivity index (χ4n) is 1.83. The van der Waals surface area contributed by atoms with Crippen molar-refractivity contribution in [3.63, 3.8) is 0 Å². The quantitative estimate of drug-likeness (QED) is 0.471. The van der Waals surface area contributed by atoms with E-state index in [2.05, 4.69) is 6.58 Å². The number of benzene rings is 2. The van der Waals surface area contributed by atoms with E-state index in [9.17, 15) is 4.79 Å². The zero-order valence-electron chi connectivity index (χ0n) is 10.1. The van der Waals surface area contributed by atoms with Gasteiger partial charge in [-0.05, 0) is 34.7 Å². The first-order valence-electron chi connectivity index (χ1n) is 5.57. The van der Waals surface area contributed by atoms with Gasteiger partial charge < -0.3 is 4.74 Å². The Kier molecular flexibility index (Phi) is 3.68. The van der Waals surface area contributed by atoms with Crippen LogP contribution in [0, 0.1) is 0 Å². The normalized spacial score (nSPS) is 10.3. The highest BCUT2D eigenvalue weighted by Gasteiger charge is 2.07. The molecule has 2 rings (SSSR count). The van der Waals surface area contributed by atoms with Crippen LogP contribution < -0.4 is 4.74 Å². The zero-order chi connectivity index (χ0) is 13.1. The Morgan fingerprint density at radius 3 is 2.78 bits per heavy atom. The van der Waals surface area contributed by atoms with Gasteiger partial charge in [0.1, 0.15) is 5.75 Å². The highest BCUT2D eigenvalue weighted by Crippen LogP contribution is 2.29. The summed E-state index contributed by atoms with van der Waals surface area (Å²) in [5, 5.41) is 1.88. The molecule has 0 radical (unpaired) electrons. The summed E-state index contributed by atoms with van der Waals surface area (Å²) < 4.78 is 5.24. The van der Waals surface area contributed by atoms with Crippen LogP contribution in [-0.4, -0.2) is 5.97 Å². The highest BCUT2D eigenvalue weighted by molar-refractivity contribution is 6.17. The number of carbonyl (C=O) groups is 1. The van der Waals surface area contributed by atoms with E-state index in [1.54, 1.807) is 12.1 Å². The summed E-state index contributed by atoms with van der Waals surface area (Å²) in [6.07, 6.45) is 1.72. The fourth-order valence-corrected chi connectivity index (χ4v) is 2.00. The molecule has 0 atom stereocenters. The number of fused-ring (bicyclic) bond motifs is 1. The van der Waals surface area contributed by atoms with E-state index in [1.807, 2.05) is 24.3 Å². The second-order valence-electron chi connectivity index (χ2n) is 4.01. The number of alkyl halides is 1. The summed E-state index contributed by atoms with van der Waals surface area (Å²) in [4.78, 5) is 11.1. The average molecular weight is 261 g/mol. The molecular formula is C15H13ClO2. The Morgan fingerprint density at radius 1 is 1.39 bits per heavy atom. The van der Waals surface area contributed by atoms with Gasteiger partial charge >= 0.3 is 5.97 Å². The Hall–Kier alpha value is -1.80. The smallest absolute Gasteiger partial charge is 0.308 e. The third-order valence-corrected chi connectivity index (χ3v) is 2.96. The molecule has 2 aromatic rings. The maximum atomic E-state index is 11.1. The first-order chi connectivity index (χ1) is 8.63. The number of halogens is 1. The Morgan fingerprint density at radius 2 is 2.17 bits per heavy atom. The van der Waals surface area contributed by atoms with E-state index in [0.717, 1.165) is 21.9 Å². The van der Waals surface area contributed by atoms with Crippen LogP contribution in [0.4, 0.5) is 0 Å². The molecule has 0 saturated carbocycles. The first kappa shape index (κ1) is 12.7. The molecule has 0 saturated heterocycles. The molecule has 92 valence electrons. The zero-order valence-corrected chi connectivity index (χ0v) is 10.8. The molecule has 2 nitrogen and oxygen atoms in total. The van der Waals surface area contributed by atoms with Crippen molar-refractivity contribution < 1.29 is 9.53 Å². The molecule has 0 amide bonds. The number of carbonyl (C=O) groups excluding carboxylic acids is 1. The van der Waals surface area contributed by atoms with E-state index in [-0.39, 0.29) is 5.97 Å². The maximum Gasteiger partial charge on any atom is 0.308 e. The molecule has 0 heterocycles. The van der Waals surface area contributed by atoms with Gasteiger partial charge in [-0.1, -0.05) is 24.8 Å². The molecule has 3 heteroatoms. The number of rotatable bonds is 3. The van der Waals surface area contributed by atoms with Gasteiger partial charge in [0.15, 0.2) is 0 Å². The fraction of sp³-hybridized carbons (Fsp3) is 0.133. The monoisotopic (exact) mass is 260 g/mol. The SMILES string of the molecule is C=Cc1cc(OC(C)=O)c2cc(CCl)ccc2c1. The first-order valence-corrected chi connectivity index (χ1v) is 6.11. The Labute approximate surface area is 111 Å². The van der Waals surface area contributed by atoms with Crippen molar-refractivity contribution in [3.05, 3.63) is 48.0 Å². The summed E-state index contributed by atoms with van der Waals surface area (Å²) in [6, 6.07) is 9.66. The predicted octanol–water partition coefficient (Wildman–Crippen LogP) is 4.15. The predicted molar refractivity (Wildman–Crippen MR) is 74.9 cm³/mol. The van der Waals surface area contributed by atoms with Gasteiger partial charge in [0.2, 0.25) is 0 Å².